The highest BCUT2D eigenvalue weighted by Gasteiger charge is 2.17. The van der Waals surface area contributed by atoms with Crippen molar-refractivity contribution in [1.29, 1.82) is 0 Å². The largest absolute Gasteiger partial charge is 0.476 e. The van der Waals surface area contributed by atoms with Gasteiger partial charge in [-0.05, 0) is 23.6 Å². The van der Waals surface area contributed by atoms with E-state index < -0.39 is 11.8 Å². The van der Waals surface area contributed by atoms with E-state index in [9.17, 15) is 9.18 Å². The van der Waals surface area contributed by atoms with Gasteiger partial charge in [0.05, 0.1) is 0 Å². The number of allylic oxidation sites excluding steroid dienone is 5. The highest BCUT2D eigenvalue weighted by molar-refractivity contribution is 5.85. The van der Waals surface area contributed by atoms with Crippen molar-refractivity contribution in [1.82, 2.24) is 9.55 Å². The lowest BCUT2D eigenvalue weighted by molar-refractivity contribution is 0.0691. The number of rotatable bonds is 4. The molecular weight excluding hydrogens is 247 g/mol. The van der Waals surface area contributed by atoms with Gasteiger partial charge in [-0.25, -0.2) is 14.2 Å². The normalized spacial score (nSPS) is 14.1. The second-order valence-corrected chi connectivity index (χ2v) is 4.21. The van der Waals surface area contributed by atoms with Gasteiger partial charge in [0.15, 0.2) is 5.69 Å². The lowest BCUT2D eigenvalue weighted by Gasteiger charge is -2.14. The molecule has 1 N–H and O–H groups in total. The van der Waals surface area contributed by atoms with E-state index in [2.05, 4.69) is 18.1 Å². The maximum atomic E-state index is 12.5. The zero-order valence-corrected chi connectivity index (χ0v) is 10.3. The number of hydrogen-bond donors (Lipinski definition) is 1. The molecule has 5 heteroatoms. The van der Waals surface area contributed by atoms with Crippen LogP contribution in [0.15, 0.2) is 48.5 Å². The molecule has 4 nitrogen and oxygen atoms in total. The zero-order chi connectivity index (χ0) is 14.0. The number of carbonyl (C=O) groups is 1. The smallest absolute Gasteiger partial charge is 0.356 e. The number of fused-ring (bicyclic) bond motifs is 1. The van der Waals surface area contributed by atoms with Crippen molar-refractivity contribution >= 4 is 12.2 Å². The van der Waals surface area contributed by atoms with E-state index in [0.717, 1.165) is 5.57 Å². The Balaban J connectivity index is 2.25. The third-order valence-corrected chi connectivity index (χ3v) is 2.82. The molecule has 2 rings (SSSR count). The Morgan fingerprint density at radius 2 is 2.16 bits per heavy atom. The Bertz CT molecular complexity index is 623. The van der Waals surface area contributed by atoms with Crippen LogP contribution in [-0.4, -0.2) is 20.6 Å². The SMILES string of the molecule is C=C(F)/C=C\C(=C)C1=Cn2cc(C(=O)O)nc2CC1. The van der Waals surface area contributed by atoms with Gasteiger partial charge in [0.1, 0.15) is 11.7 Å². The topological polar surface area (TPSA) is 55.1 Å². The Morgan fingerprint density at radius 3 is 2.79 bits per heavy atom. The van der Waals surface area contributed by atoms with Crippen molar-refractivity contribution in [3.05, 3.63) is 60.0 Å². The van der Waals surface area contributed by atoms with Crippen LogP contribution in [-0.2, 0) is 6.42 Å². The number of aromatic nitrogens is 2. The fourth-order valence-corrected chi connectivity index (χ4v) is 1.85. The highest BCUT2D eigenvalue weighted by atomic mass is 19.1. The molecule has 0 aromatic carbocycles. The summed E-state index contributed by atoms with van der Waals surface area (Å²) in [5.74, 6) is -0.883. The van der Waals surface area contributed by atoms with E-state index in [4.69, 9.17) is 5.11 Å². The van der Waals surface area contributed by atoms with Gasteiger partial charge in [-0.1, -0.05) is 19.2 Å². The van der Waals surface area contributed by atoms with Crippen LogP contribution in [0.25, 0.3) is 6.20 Å². The van der Waals surface area contributed by atoms with Crippen LogP contribution in [0.5, 0.6) is 0 Å². The van der Waals surface area contributed by atoms with E-state index in [1.165, 1.54) is 12.3 Å². The van der Waals surface area contributed by atoms with Gasteiger partial charge in [-0.2, -0.15) is 0 Å². The lowest BCUT2D eigenvalue weighted by atomic mass is 10.0. The fraction of sp³-hybridized carbons (Fsp3) is 0.143. The first-order chi connectivity index (χ1) is 8.97. The van der Waals surface area contributed by atoms with Crippen LogP contribution in [0.2, 0.25) is 0 Å². The molecule has 0 unspecified atom stereocenters. The Morgan fingerprint density at radius 1 is 1.42 bits per heavy atom. The molecule has 2 heterocycles. The van der Waals surface area contributed by atoms with Crippen LogP contribution in [0, 0.1) is 0 Å². The molecule has 0 saturated heterocycles. The van der Waals surface area contributed by atoms with Gasteiger partial charge in [0.2, 0.25) is 0 Å². The van der Waals surface area contributed by atoms with E-state index >= 15 is 0 Å². The average molecular weight is 260 g/mol. The van der Waals surface area contributed by atoms with Gasteiger partial charge < -0.3 is 9.67 Å². The van der Waals surface area contributed by atoms with Crippen molar-refractivity contribution in [3.63, 3.8) is 0 Å². The minimum atomic E-state index is -1.05. The van der Waals surface area contributed by atoms with Gasteiger partial charge in [-0.3, -0.25) is 0 Å². The van der Waals surface area contributed by atoms with Crippen molar-refractivity contribution in [2.75, 3.05) is 0 Å². The molecule has 0 saturated carbocycles. The van der Waals surface area contributed by atoms with Crippen LogP contribution in [0.1, 0.15) is 22.7 Å². The van der Waals surface area contributed by atoms with E-state index in [-0.39, 0.29) is 5.69 Å². The summed E-state index contributed by atoms with van der Waals surface area (Å²) in [6.45, 7) is 6.99. The van der Waals surface area contributed by atoms with Crippen molar-refractivity contribution in [2.45, 2.75) is 12.8 Å². The molecule has 19 heavy (non-hydrogen) atoms. The number of aromatic carboxylic acids is 1. The number of nitrogens with zero attached hydrogens (tertiary/aromatic N) is 2. The maximum Gasteiger partial charge on any atom is 0.356 e. The second kappa shape index (κ2) is 5.06. The summed E-state index contributed by atoms with van der Waals surface area (Å²) < 4.78 is 14.2. The summed E-state index contributed by atoms with van der Waals surface area (Å²) in [5, 5.41) is 8.88. The summed E-state index contributed by atoms with van der Waals surface area (Å²) in [4.78, 5) is 14.9. The van der Waals surface area contributed by atoms with E-state index in [1.54, 1.807) is 16.8 Å². The third kappa shape index (κ3) is 2.88. The van der Waals surface area contributed by atoms with Crippen LogP contribution in [0.3, 0.4) is 0 Å². The summed E-state index contributed by atoms with van der Waals surface area (Å²) in [5.41, 5.74) is 1.61. The molecule has 1 aromatic rings. The first-order valence-electron chi connectivity index (χ1n) is 5.71. The second-order valence-electron chi connectivity index (χ2n) is 4.21. The molecule has 0 aliphatic carbocycles. The molecule has 0 atom stereocenters. The minimum absolute atomic E-state index is 0.0193. The van der Waals surface area contributed by atoms with Gasteiger partial charge >= 0.3 is 5.97 Å². The molecule has 0 amide bonds. The molecule has 0 fully saturated rings. The summed E-state index contributed by atoms with van der Waals surface area (Å²) in [6, 6.07) is 0. The fourth-order valence-electron chi connectivity index (χ4n) is 1.85. The number of carboxylic acids is 1. The average Bonchev–Trinajstić information content (AvgIpc) is 2.78. The maximum absolute atomic E-state index is 12.5. The molecule has 1 aliphatic heterocycles. The van der Waals surface area contributed by atoms with Gasteiger partial charge in [0, 0.05) is 18.8 Å². The quantitative estimate of drug-likeness (QED) is 0.847. The summed E-state index contributed by atoms with van der Waals surface area (Å²) in [6.07, 6.45) is 7.35. The first kappa shape index (κ1) is 13.0. The van der Waals surface area contributed by atoms with Crippen LogP contribution < -0.4 is 0 Å². The van der Waals surface area contributed by atoms with Gasteiger partial charge in [-0.15, -0.1) is 0 Å². The van der Waals surface area contributed by atoms with Crippen molar-refractivity contribution < 1.29 is 14.3 Å². The van der Waals surface area contributed by atoms with Crippen molar-refractivity contribution in [2.24, 2.45) is 0 Å². The predicted octanol–water partition coefficient (Wildman–Crippen LogP) is 2.96. The molecule has 0 radical (unpaired) electrons. The number of aryl methyl sites for hydroxylation is 1. The molecule has 98 valence electrons. The summed E-state index contributed by atoms with van der Waals surface area (Å²) >= 11 is 0. The molecular formula is C14H13FN2O2. The van der Waals surface area contributed by atoms with Crippen LogP contribution in [0.4, 0.5) is 4.39 Å². The molecule has 0 bridgehead atoms. The van der Waals surface area contributed by atoms with Crippen molar-refractivity contribution in [3.8, 4) is 0 Å². The minimum Gasteiger partial charge on any atom is -0.476 e. The summed E-state index contributed by atoms with van der Waals surface area (Å²) in [7, 11) is 0. The first-order valence-corrected chi connectivity index (χ1v) is 5.71. The van der Waals surface area contributed by atoms with E-state index in [1.807, 2.05) is 0 Å². The number of halogens is 1. The standard InChI is InChI=1S/C14H13FN2O2/c1-9(3-4-10(2)15)11-5-6-13-16-12(14(18)19)8-17(13)7-11/h3-4,7-8H,1-2,5-6H2,(H,18,19)/b4-3-. The third-order valence-electron chi connectivity index (χ3n) is 2.82. The van der Waals surface area contributed by atoms with Gasteiger partial charge in [0.25, 0.3) is 0 Å². The lowest BCUT2D eigenvalue weighted by Crippen LogP contribution is -2.05. The number of hydrogen-bond acceptors (Lipinski definition) is 2. The molecule has 0 spiro atoms. The number of carboxylic acid groups (broad SMARTS) is 1. The Kier molecular flexibility index (Phi) is 3.46. The molecule has 1 aliphatic rings. The van der Waals surface area contributed by atoms with E-state index in [0.29, 0.717) is 24.2 Å². The monoisotopic (exact) mass is 260 g/mol. The van der Waals surface area contributed by atoms with Crippen LogP contribution >= 0.6 is 0 Å². The zero-order valence-electron chi connectivity index (χ0n) is 10.3. The highest BCUT2D eigenvalue weighted by Crippen LogP contribution is 2.24. The predicted molar refractivity (Wildman–Crippen MR) is 70.3 cm³/mol. The molecule has 1 aromatic heterocycles. The number of imidazole rings is 1. The Hall–Kier alpha value is -2.43. The Labute approximate surface area is 109 Å².